The maximum atomic E-state index is 11.1. The van der Waals surface area contributed by atoms with Crippen LogP contribution in [0, 0.1) is 0 Å². The number of carbonyl (C=O) groups is 1. The van der Waals surface area contributed by atoms with Crippen LogP contribution in [0.5, 0.6) is 0 Å². The summed E-state index contributed by atoms with van der Waals surface area (Å²) in [5.74, 6) is 0.905. The number of aromatic nitrogens is 3. The molecule has 0 unspecified atom stereocenters. The fraction of sp³-hybridized carbons (Fsp3) is 0.526. The molecule has 1 saturated heterocycles. The molecule has 1 amide bonds. The summed E-state index contributed by atoms with van der Waals surface area (Å²) in [5, 5.41) is 12.5. The van der Waals surface area contributed by atoms with Crippen LogP contribution in [0.25, 0.3) is 0 Å². The quantitative estimate of drug-likeness (QED) is 0.700. The second-order valence-electron chi connectivity index (χ2n) is 6.90. The molecule has 1 aromatic carbocycles. The second-order valence-corrected chi connectivity index (χ2v) is 7.67. The Kier molecular flexibility index (Phi) is 6.87. The van der Waals surface area contributed by atoms with Gasteiger partial charge in [0.2, 0.25) is 5.91 Å². The van der Waals surface area contributed by atoms with Crippen LogP contribution in [0.15, 0.2) is 29.4 Å². The SMILES string of the molecule is CSc1nnc(CN(C)Cc2ccc(NC(C)=O)cc2)n1C[C@H]1CCCO1. The van der Waals surface area contributed by atoms with E-state index in [1.165, 1.54) is 12.5 Å². The van der Waals surface area contributed by atoms with Crippen LogP contribution in [-0.4, -0.2) is 51.6 Å². The van der Waals surface area contributed by atoms with Crippen LogP contribution in [0.2, 0.25) is 0 Å². The topological polar surface area (TPSA) is 72.3 Å². The number of nitrogens with one attached hydrogen (secondary N) is 1. The second kappa shape index (κ2) is 9.34. The average molecular weight is 390 g/mol. The molecule has 0 radical (unpaired) electrons. The van der Waals surface area contributed by atoms with Gasteiger partial charge in [-0.15, -0.1) is 10.2 Å². The molecule has 1 aromatic heterocycles. The van der Waals surface area contributed by atoms with Gasteiger partial charge in [0, 0.05) is 25.8 Å². The Morgan fingerprint density at radius 2 is 2.11 bits per heavy atom. The van der Waals surface area contributed by atoms with Gasteiger partial charge in [-0.05, 0) is 43.8 Å². The van der Waals surface area contributed by atoms with Crippen molar-refractivity contribution in [2.75, 3.05) is 25.2 Å². The third-order valence-electron chi connectivity index (χ3n) is 4.52. The standard InChI is InChI=1S/C19H27N5O2S/c1-14(25)20-16-8-6-15(7-9-16)11-23(2)13-18-21-22-19(27-3)24(18)12-17-5-4-10-26-17/h6-9,17H,4-5,10-13H2,1-3H3,(H,20,25)/t17-/m1/s1. The molecule has 27 heavy (non-hydrogen) atoms. The van der Waals surface area contributed by atoms with Gasteiger partial charge in [0.15, 0.2) is 5.16 Å². The molecular formula is C19H27N5O2S. The van der Waals surface area contributed by atoms with Gasteiger partial charge in [0.05, 0.1) is 19.2 Å². The zero-order valence-electron chi connectivity index (χ0n) is 16.1. The van der Waals surface area contributed by atoms with E-state index in [0.29, 0.717) is 6.54 Å². The largest absolute Gasteiger partial charge is 0.376 e. The minimum Gasteiger partial charge on any atom is -0.376 e. The molecule has 0 spiro atoms. The molecule has 1 aliphatic rings. The summed E-state index contributed by atoms with van der Waals surface area (Å²) in [6, 6.07) is 7.92. The Hall–Kier alpha value is -1.90. The van der Waals surface area contributed by atoms with E-state index in [2.05, 4.69) is 32.0 Å². The lowest BCUT2D eigenvalue weighted by Crippen LogP contribution is -2.23. The molecule has 1 fully saturated rings. The van der Waals surface area contributed by atoms with Crippen molar-refractivity contribution in [3.63, 3.8) is 0 Å². The number of ether oxygens (including phenoxy) is 1. The summed E-state index contributed by atoms with van der Waals surface area (Å²) in [4.78, 5) is 13.3. The highest BCUT2D eigenvalue weighted by Gasteiger charge is 2.21. The van der Waals surface area contributed by atoms with E-state index in [1.54, 1.807) is 11.8 Å². The number of thioether (sulfide) groups is 1. The van der Waals surface area contributed by atoms with E-state index >= 15 is 0 Å². The number of carbonyl (C=O) groups excluding carboxylic acids is 1. The summed E-state index contributed by atoms with van der Waals surface area (Å²) in [6.07, 6.45) is 4.52. The van der Waals surface area contributed by atoms with Crippen LogP contribution < -0.4 is 5.32 Å². The van der Waals surface area contributed by atoms with Crippen molar-refractivity contribution in [2.24, 2.45) is 0 Å². The van der Waals surface area contributed by atoms with Crippen LogP contribution >= 0.6 is 11.8 Å². The van der Waals surface area contributed by atoms with Crippen LogP contribution in [0.4, 0.5) is 5.69 Å². The highest BCUT2D eigenvalue weighted by molar-refractivity contribution is 7.98. The molecule has 146 valence electrons. The lowest BCUT2D eigenvalue weighted by Gasteiger charge is -2.19. The third kappa shape index (κ3) is 5.54. The molecule has 1 N–H and O–H groups in total. The van der Waals surface area contributed by atoms with Crippen LogP contribution in [0.3, 0.4) is 0 Å². The number of rotatable bonds is 8. The molecular weight excluding hydrogens is 362 g/mol. The molecule has 0 saturated carbocycles. The average Bonchev–Trinajstić information content (AvgIpc) is 3.27. The predicted octanol–water partition coefficient (Wildman–Crippen LogP) is 2.77. The molecule has 7 nitrogen and oxygen atoms in total. The van der Waals surface area contributed by atoms with Gasteiger partial charge in [-0.25, -0.2) is 0 Å². The Morgan fingerprint density at radius 3 is 2.74 bits per heavy atom. The number of benzene rings is 1. The van der Waals surface area contributed by atoms with Crippen molar-refractivity contribution < 1.29 is 9.53 Å². The fourth-order valence-corrected chi connectivity index (χ4v) is 3.79. The first-order valence-corrected chi connectivity index (χ1v) is 10.4. The van der Waals surface area contributed by atoms with Gasteiger partial charge >= 0.3 is 0 Å². The first-order chi connectivity index (χ1) is 13.0. The van der Waals surface area contributed by atoms with Gasteiger partial charge in [0.25, 0.3) is 0 Å². The lowest BCUT2D eigenvalue weighted by atomic mass is 10.2. The number of hydrogen-bond donors (Lipinski definition) is 1. The van der Waals surface area contributed by atoms with E-state index in [4.69, 9.17) is 4.74 Å². The van der Waals surface area contributed by atoms with Gasteiger partial charge in [-0.3, -0.25) is 9.69 Å². The Labute approximate surface area is 164 Å². The molecule has 0 aliphatic carbocycles. The van der Waals surface area contributed by atoms with Crippen molar-refractivity contribution in [1.82, 2.24) is 19.7 Å². The highest BCUT2D eigenvalue weighted by Crippen LogP contribution is 2.21. The number of hydrogen-bond acceptors (Lipinski definition) is 6. The fourth-order valence-electron chi connectivity index (χ4n) is 3.27. The van der Waals surface area contributed by atoms with Crippen LogP contribution in [-0.2, 0) is 29.2 Å². The normalized spacial score (nSPS) is 16.8. The number of nitrogens with zero attached hydrogens (tertiary/aromatic N) is 4. The number of amides is 1. The van der Waals surface area contributed by atoms with E-state index in [0.717, 1.165) is 49.2 Å². The zero-order valence-corrected chi connectivity index (χ0v) is 17.0. The minimum absolute atomic E-state index is 0.0601. The Morgan fingerprint density at radius 1 is 1.33 bits per heavy atom. The molecule has 2 aromatic rings. The highest BCUT2D eigenvalue weighted by atomic mass is 32.2. The van der Waals surface area contributed by atoms with Crippen LogP contribution in [0.1, 0.15) is 31.2 Å². The van der Waals surface area contributed by atoms with Gasteiger partial charge in [-0.2, -0.15) is 0 Å². The lowest BCUT2D eigenvalue weighted by molar-refractivity contribution is -0.114. The molecule has 0 bridgehead atoms. The smallest absolute Gasteiger partial charge is 0.221 e. The maximum absolute atomic E-state index is 11.1. The Bertz CT molecular complexity index is 756. The number of anilines is 1. The summed E-state index contributed by atoms with van der Waals surface area (Å²) in [7, 11) is 2.07. The van der Waals surface area contributed by atoms with Crippen molar-refractivity contribution >= 4 is 23.4 Å². The summed E-state index contributed by atoms with van der Waals surface area (Å²) < 4.78 is 7.98. The van der Waals surface area contributed by atoms with E-state index in [9.17, 15) is 4.79 Å². The molecule has 1 atom stereocenters. The molecule has 8 heteroatoms. The first kappa shape index (κ1) is 19.9. The van der Waals surface area contributed by atoms with E-state index < -0.39 is 0 Å². The third-order valence-corrected chi connectivity index (χ3v) is 5.19. The van der Waals surface area contributed by atoms with E-state index in [1.807, 2.05) is 30.5 Å². The molecule has 1 aliphatic heterocycles. The van der Waals surface area contributed by atoms with Crippen molar-refractivity contribution in [2.45, 2.75) is 50.7 Å². The first-order valence-electron chi connectivity index (χ1n) is 9.18. The van der Waals surface area contributed by atoms with Gasteiger partial charge in [0.1, 0.15) is 5.82 Å². The van der Waals surface area contributed by atoms with Crippen molar-refractivity contribution in [3.8, 4) is 0 Å². The predicted molar refractivity (Wildman–Crippen MR) is 107 cm³/mol. The van der Waals surface area contributed by atoms with Crippen molar-refractivity contribution in [3.05, 3.63) is 35.7 Å². The van der Waals surface area contributed by atoms with Gasteiger partial charge < -0.3 is 14.6 Å². The van der Waals surface area contributed by atoms with E-state index in [-0.39, 0.29) is 12.0 Å². The minimum atomic E-state index is -0.0601. The summed E-state index contributed by atoms with van der Waals surface area (Å²) in [6.45, 7) is 4.69. The summed E-state index contributed by atoms with van der Waals surface area (Å²) in [5.41, 5.74) is 2.00. The summed E-state index contributed by atoms with van der Waals surface area (Å²) >= 11 is 1.62. The monoisotopic (exact) mass is 389 g/mol. The molecule has 2 heterocycles. The molecule has 3 rings (SSSR count). The van der Waals surface area contributed by atoms with Gasteiger partial charge in [-0.1, -0.05) is 23.9 Å². The Balaban J connectivity index is 1.62. The maximum Gasteiger partial charge on any atom is 0.221 e. The van der Waals surface area contributed by atoms with Crippen molar-refractivity contribution in [1.29, 1.82) is 0 Å². The zero-order chi connectivity index (χ0) is 19.2.